The molecule has 15 heavy (non-hydrogen) atoms. The van der Waals surface area contributed by atoms with E-state index in [2.05, 4.69) is 44.2 Å². The summed E-state index contributed by atoms with van der Waals surface area (Å²) in [6.45, 7) is 4.25. The molecule has 0 nitrogen and oxygen atoms in total. The normalized spacial score (nSPS) is 10.3. The van der Waals surface area contributed by atoms with Gasteiger partial charge in [0, 0.05) is 5.02 Å². The summed E-state index contributed by atoms with van der Waals surface area (Å²) in [5.41, 5.74) is 5.09. The highest BCUT2D eigenvalue weighted by molar-refractivity contribution is 6.30. The molecule has 0 amide bonds. The van der Waals surface area contributed by atoms with E-state index in [0.29, 0.717) is 0 Å². The minimum Gasteiger partial charge on any atom is -0.0843 e. The van der Waals surface area contributed by atoms with Crippen molar-refractivity contribution in [1.82, 2.24) is 0 Å². The van der Waals surface area contributed by atoms with E-state index in [0.717, 1.165) is 5.02 Å². The summed E-state index contributed by atoms with van der Waals surface area (Å²) in [6, 6.07) is 14.5. The molecule has 0 aromatic heterocycles. The van der Waals surface area contributed by atoms with E-state index >= 15 is 0 Å². The van der Waals surface area contributed by atoms with Crippen LogP contribution in [0.25, 0.3) is 11.1 Å². The van der Waals surface area contributed by atoms with Crippen LogP contribution in [0.3, 0.4) is 0 Å². The highest BCUT2D eigenvalue weighted by atomic mass is 35.5. The Morgan fingerprint density at radius 2 is 1.53 bits per heavy atom. The minimum atomic E-state index is 0.781. The first-order chi connectivity index (χ1) is 7.16. The standard InChI is InChI=1S/C14H13Cl/c1-10-3-8-14(11(2)9-10)12-4-6-13(15)7-5-12/h3-9H,1-2H3. The van der Waals surface area contributed by atoms with E-state index < -0.39 is 0 Å². The molecule has 0 saturated heterocycles. The summed E-state index contributed by atoms with van der Waals surface area (Å²) in [4.78, 5) is 0. The molecule has 0 saturated carbocycles. The minimum absolute atomic E-state index is 0.781. The molecule has 0 radical (unpaired) electrons. The maximum absolute atomic E-state index is 5.86. The van der Waals surface area contributed by atoms with Crippen molar-refractivity contribution in [2.45, 2.75) is 13.8 Å². The van der Waals surface area contributed by atoms with Crippen LogP contribution in [0, 0.1) is 13.8 Å². The second-order valence-corrected chi connectivity index (χ2v) is 4.26. The topological polar surface area (TPSA) is 0 Å². The van der Waals surface area contributed by atoms with Gasteiger partial charge in [-0.2, -0.15) is 0 Å². The van der Waals surface area contributed by atoms with Gasteiger partial charge in [-0.05, 0) is 42.7 Å². The van der Waals surface area contributed by atoms with Gasteiger partial charge in [-0.3, -0.25) is 0 Å². The Kier molecular flexibility index (Phi) is 2.79. The van der Waals surface area contributed by atoms with Crippen molar-refractivity contribution in [3.8, 4) is 11.1 Å². The highest BCUT2D eigenvalue weighted by Gasteiger charge is 2.01. The molecule has 0 atom stereocenters. The predicted octanol–water partition coefficient (Wildman–Crippen LogP) is 4.62. The van der Waals surface area contributed by atoms with Crippen molar-refractivity contribution in [2.75, 3.05) is 0 Å². The zero-order valence-electron chi connectivity index (χ0n) is 8.92. The summed E-state index contributed by atoms with van der Waals surface area (Å²) in [6.07, 6.45) is 0. The van der Waals surface area contributed by atoms with Gasteiger partial charge in [-0.15, -0.1) is 0 Å². The Balaban J connectivity index is 2.49. The Labute approximate surface area is 95.5 Å². The fourth-order valence-electron chi connectivity index (χ4n) is 1.77. The SMILES string of the molecule is Cc1ccc(-c2ccc(Cl)cc2)c(C)c1. The van der Waals surface area contributed by atoms with Gasteiger partial charge in [0.2, 0.25) is 0 Å². The number of hydrogen-bond acceptors (Lipinski definition) is 0. The van der Waals surface area contributed by atoms with E-state index in [-0.39, 0.29) is 0 Å². The molecule has 0 spiro atoms. The first-order valence-electron chi connectivity index (χ1n) is 5.00. The van der Waals surface area contributed by atoms with Gasteiger partial charge < -0.3 is 0 Å². The number of aryl methyl sites for hydroxylation is 2. The first kappa shape index (κ1) is 10.3. The van der Waals surface area contributed by atoms with Crippen molar-refractivity contribution < 1.29 is 0 Å². The molecule has 2 rings (SSSR count). The molecule has 0 aliphatic carbocycles. The number of hydrogen-bond donors (Lipinski definition) is 0. The summed E-state index contributed by atoms with van der Waals surface area (Å²) >= 11 is 5.86. The van der Waals surface area contributed by atoms with Crippen LogP contribution in [0.5, 0.6) is 0 Å². The number of rotatable bonds is 1. The molecule has 2 aromatic carbocycles. The average Bonchev–Trinajstić information content (AvgIpc) is 2.20. The Morgan fingerprint density at radius 3 is 2.13 bits per heavy atom. The van der Waals surface area contributed by atoms with Crippen molar-refractivity contribution in [1.29, 1.82) is 0 Å². The van der Waals surface area contributed by atoms with Gasteiger partial charge in [0.25, 0.3) is 0 Å². The van der Waals surface area contributed by atoms with Crippen LogP contribution < -0.4 is 0 Å². The predicted molar refractivity (Wildman–Crippen MR) is 66.4 cm³/mol. The van der Waals surface area contributed by atoms with Crippen LogP contribution in [0.4, 0.5) is 0 Å². The lowest BCUT2D eigenvalue weighted by atomic mass is 9.99. The second-order valence-electron chi connectivity index (χ2n) is 3.83. The van der Waals surface area contributed by atoms with Gasteiger partial charge in [0.05, 0.1) is 0 Å². The molecule has 0 N–H and O–H groups in total. The van der Waals surface area contributed by atoms with E-state index in [9.17, 15) is 0 Å². The maximum atomic E-state index is 5.86. The third-order valence-electron chi connectivity index (χ3n) is 2.54. The van der Waals surface area contributed by atoms with Crippen molar-refractivity contribution in [2.24, 2.45) is 0 Å². The smallest absolute Gasteiger partial charge is 0.0406 e. The molecule has 0 heterocycles. The molecule has 76 valence electrons. The van der Waals surface area contributed by atoms with Gasteiger partial charge in [0.1, 0.15) is 0 Å². The van der Waals surface area contributed by atoms with E-state index in [1.807, 2.05) is 12.1 Å². The number of halogens is 1. The summed E-state index contributed by atoms with van der Waals surface area (Å²) in [5, 5.41) is 0.781. The van der Waals surface area contributed by atoms with Crippen molar-refractivity contribution in [3.05, 3.63) is 58.6 Å². The lowest BCUT2D eigenvalue weighted by molar-refractivity contribution is 1.38. The third-order valence-corrected chi connectivity index (χ3v) is 2.79. The highest BCUT2D eigenvalue weighted by Crippen LogP contribution is 2.25. The molecule has 0 fully saturated rings. The average molecular weight is 217 g/mol. The van der Waals surface area contributed by atoms with Crippen LogP contribution >= 0.6 is 11.6 Å². The zero-order valence-corrected chi connectivity index (χ0v) is 9.68. The van der Waals surface area contributed by atoms with Gasteiger partial charge in [0.15, 0.2) is 0 Å². The molecule has 0 unspecified atom stereocenters. The van der Waals surface area contributed by atoms with Crippen molar-refractivity contribution >= 4 is 11.6 Å². The van der Waals surface area contributed by atoms with Crippen LogP contribution in [0.2, 0.25) is 5.02 Å². The van der Waals surface area contributed by atoms with E-state index in [1.165, 1.54) is 22.3 Å². The largest absolute Gasteiger partial charge is 0.0843 e. The molecular weight excluding hydrogens is 204 g/mol. The Morgan fingerprint density at radius 1 is 0.867 bits per heavy atom. The summed E-state index contributed by atoms with van der Waals surface area (Å²) in [7, 11) is 0. The fourth-order valence-corrected chi connectivity index (χ4v) is 1.89. The lowest BCUT2D eigenvalue weighted by Gasteiger charge is -2.06. The molecule has 0 bridgehead atoms. The zero-order chi connectivity index (χ0) is 10.8. The van der Waals surface area contributed by atoms with Gasteiger partial charge >= 0.3 is 0 Å². The molecule has 0 aliphatic rings. The first-order valence-corrected chi connectivity index (χ1v) is 5.38. The maximum Gasteiger partial charge on any atom is 0.0406 e. The molecular formula is C14H13Cl. The van der Waals surface area contributed by atoms with Gasteiger partial charge in [-0.1, -0.05) is 47.5 Å². The fraction of sp³-hybridized carbons (Fsp3) is 0.143. The van der Waals surface area contributed by atoms with Gasteiger partial charge in [-0.25, -0.2) is 0 Å². The Hall–Kier alpha value is -1.27. The molecule has 0 aliphatic heterocycles. The summed E-state index contributed by atoms with van der Waals surface area (Å²) < 4.78 is 0. The van der Waals surface area contributed by atoms with Crippen LogP contribution in [-0.2, 0) is 0 Å². The second kappa shape index (κ2) is 4.08. The third kappa shape index (κ3) is 2.21. The Bertz CT molecular complexity index is 469. The lowest BCUT2D eigenvalue weighted by Crippen LogP contribution is -1.84. The summed E-state index contributed by atoms with van der Waals surface area (Å²) in [5.74, 6) is 0. The van der Waals surface area contributed by atoms with Crippen LogP contribution in [0.1, 0.15) is 11.1 Å². The van der Waals surface area contributed by atoms with Crippen LogP contribution in [-0.4, -0.2) is 0 Å². The van der Waals surface area contributed by atoms with E-state index in [1.54, 1.807) is 0 Å². The van der Waals surface area contributed by atoms with Crippen molar-refractivity contribution in [3.63, 3.8) is 0 Å². The quantitative estimate of drug-likeness (QED) is 0.652. The monoisotopic (exact) mass is 216 g/mol. The molecule has 2 aromatic rings. The van der Waals surface area contributed by atoms with Crippen LogP contribution in [0.15, 0.2) is 42.5 Å². The molecule has 1 heteroatoms. The van der Waals surface area contributed by atoms with E-state index in [4.69, 9.17) is 11.6 Å². The number of benzene rings is 2.